The van der Waals surface area contributed by atoms with Gasteiger partial charge in [0.2, 0.25) is 0 Å². The maximum absolute atomic E-state index is 4.91. The molecule has 0 spiro atoms. The van der Waals surface area contributed by atoms with Gasteiger partial charge in [0.1, 0.15) is 13.9 Å². The molecule has 0 atom stereocenters. The van der Waals surface area contributed by atoms with Crippen molar-refractivity contribution in [3.8, 4) is 28.5 Å². The van der Waals surface area contributed by atoms with Gasteiger partial charge in [-0.1, -0.05) is 68.0 Å². The molecule has 1 heterocycles. The van der Waals surface area contributed by atoms with Crippen molar-refractivity contribution in [1.29, 1.82) is 0 Å². The molecular formula is C24H22N2Si. The number of hydrogen-bond acceptors (Lipinski definition) is 1. The smallest absolute Gasteiger partial charge is 0.145 e. The summed E-state index contributed by atoms with van der Waals surface area (Å²) in [5, 5.41) is 0. The molecular weight excluding hydrogens is 344 g/mol. The van der Waals surface area contributed by atoms with Crippen LogP contribution in [0.1, 0.15) is 5.56 Å². The summed E-state index contributed by atoms with van der Waals surface area (Å²) in [6, 6.07) is 27.1. The van der Waals surface area contributed by atoms with Gasteiger partial charge in [-0.05, 0) is 36.4 Å². The lowest BCUT2D eigenvalue weighted by molar-refractivity contribution is 1.10. The predicted molar refractivity (Wildman–Crippen MR) is 117 cm³/mol. The number of imidazole rings is 1. The van der Waals surface area contributed by atoms with Gasteiger partial charge in [0, 0.05) is 16.8 Å². The SMILES string of the molecule is C[Si](C)(C)C#Cc1ccc(-c2nc3ccccc3n2-c2ccccc2)cc1. The first-order valence-corrected chi connectivity index (χ1v) is 12.7. The number of rotatable bonds is 2. The first-order valence-electron chi connectivity index (χ1n) is 9.18. The van der Waals surface area contributed by atoms with Crippen LogP contribution in [0.15, 0.2) is 78.9 Å². The van der Waals surface area contributed by atoms with Crippen LogP contribution in [0.4, 0.5) is 0 Å². The minimum atomic E-state index is -1.37. The average molecular weight is 367 g/mol. The number of nitrogens with zero attached hydrogens (tertiary/aromatic N) is 2. The van der Waals surface area contributed by atoms with Crippen molar-refractivity contribution in [2.75, 3.05) is 0 Å². The van der Waals surface area contributed by atoms with E-state index in [9.17, 15) is 0 Å². The molecule has 0 fully saturated rings. The van der Waals surface area contributed by atoms with E-state index in [1.165, 1.54) is 0 Å². The Morgan fingerprint density at radius 3 is 2.15 bits per heavy atom. The summed E-state index contributed by atoms with van der Waals surface area (Å²) in [5.74, 6) is 4.27. The molecule has 0 saturated carbocycles. The Hall–Kier alpha value is -3.09. The summed E-state index contributed by atoms with van der Waals surface area (Å²) in [4.78, 5) is 4.91. The van der Waals surface area contributed by atoms with Gasteiger partial charge in [-0.15, -0.1) is 5.54 Å². The van der Waals surface area contributed by atoms with Gasteiger partial charge in [-0.2, -0.15) is 0 Å². The van der Waals surface area contributed by atoms with E-state index in [1.807, 2.05) is 12.1 Å². The third kappa shape index (κ3) is 3.72. The van der Waals surface area contributed by atoms with E-state index in [0.29, 0.717) is 0 Å². The molecule has 27 heavy (non-hydrogen) atoms. The third-order valence-electron chi connectivity index (χ3n) is 4.30. The highest BCUT2D eigenvalue weighted by atomic mass is 28.3. The lowest BCUT2D eigenvalue weighted by atomic mass is 10.1. The second-order valence-corrected chi connectivity index (χ2v) is 12.4. The summed E-state index contributed by atoms with van der Waals surface area (Å²) in [6.45, 7) is 6.78. The molecule has 4 rings (SSSR count). The molecule has 0 unspecified atom stereocenters. The molecule has 2 nitrogen and oxygen atoms in total. The van der Waals surface area contributed by atoms with Crippen LogP contribution >= 0.6 is 0 Å². The Kier molecular flexibility index (Phi) is 4.43. The Balaban J connectivity index is 1.83. The second kappa shape index (κ2) is 6.90. The standard InChI is InChI=1S/C24H22N2Si/c1-27(2,3)18-17-19-13-15-20(16-14-19)24-25-22-11-7-8-12-23(22)26(24)21-9-5-4-6-10-21/h4-16H,1-3H3. The second-order valence-electron chi connectivity index (χ2n) is 7.67. The molecule has 132 valence electrons. The molecule has 0 aliphatic heterocycles. The highest BCUT2D eigenvalue weighted by Gasteiger charge is 2.13. The summed E-state index contributed by atoms with van der Waals surface area (Å²) in [5.41, 5.74) is 8.80. The number of aromatic nitrogens is 2. The lowest BCUT2D eigenvalue weighted by Gasteiger charge is -2.09. The van der Waals surface area contributed by atoms with Gasteiger partial charge in [0.15, 0.2) is 0 Å². The fourth-order valence-corrected chi connectivity index (χ4v) is 3.54. The van der Waals surface area contributed by atoms with Crippen LogP contribution in [0.2, 0.25) is 19.6 Å². The molecule has 0 amide bonds. The molecule has 0 aliphatic carbocycles. The zero-order valence-corrected chi connectivity index (χ0v) is 16.9. The fraction of sp³-hybridized carbons (Fsp3) is 0.125. The van der Waals surface area contributed by atoms with Crippen LogP contribution in [0.5, 0.6) is 0 Å². The summed E-state index contributed by atoms with van der Waals surface area (Å²) >= 11 is 0. The van der Waals surface area contributed by atoms with Crippen molar-refractivity contribution in [2.24, 2.45) is 0 Å². The van der Waals surface area contributed by atoms with E-state index in [-0.39, 0.29) is 0 Å². The van der Waals surface area contributed by atoms with Gasteiger partial charge in [-0.25, -0.2) is 4.98 Å². The normalized spacial score (nSPS) is 11.2. The highest BCUT2D eigenvalue weighted by Crippen LogP contribution is 2.28. The van der Waals surface area contributed by atoms with E-state index < -0.39 is 8.07 Å². The Labute approximate surface area is 161 Å². The van der Waals surface area contributed by atoms with Crippen molar-refractivity contribution in [3.63, 3.8) is 0 Å². The minimum Gasteiger partial charge on any atom is -0.292 e. The topological polar surface area (TPSA) is 17.8 Å². The number of para-hydroxylation sites is 3. The monoisotopic (exact) mass is 366 g/mol. The average Bonchev–Trinajstić information content (AvgIpc) is 3.06. The molecule has 1 aromatic heterocycles. The maximum atomic E-state index is 4.91. The predicted octanol–water partition coefficient (Wildman–Crippen LogP) is 5.92. The van der Waals surface area contributed by atoms with Crippen LogP contribution < -0.4 is 0 Å². The van der Waals surface area contributed by atoms with Gasteiger partial charge in [0.05, 0.1) is 11.0 Å². The molecule has 4 aromatic rings. The van der Waals surface area contributed by atoms with E-state index in [0.717, 1.165) is 33.7 Å². The number of fused-ring (bicyclic) bond motifs is 1. The molecule has 0 radical (unpaired) electrons. The van der Waals surface area contributed by atoms with E-state index in [4.69, 9.17) is 4.98 Å². The van der Waals surface area contributed by atoms with Gasteiger partial charge in [0.25, 0.3) is 0 Å². The van der Waals surface area contributed by atoms with Crippen molar-refractivity contribution < 1.29 is 0 Å². The van der Waals surface area contributed by atoms with Crippen molar-refractivity contribution in [2.45, 2.75) is 19.6 Å². The van der Waals surface area contributed by atoms with Crippen LogP contribution in [0.25, 0.3) is 28.1 Å². The molecule has 0 saturated heterocycles. The maximum Gasteiger partial charge on any atom is 0.145 e. The zero-order valence-electron chi connectivity index (χ0n) is 15.9. The van der Waals surface area contributed by atoms with E-state index in [1.54, 1.807) is 0 Å². The highest BCUT2D eigenvalue weighted by molar-refractivity contribution is 6.83. The fourth-order valence-electron chi connectivity index (χ4n) is 3.02. The number of hydrogen-bond donors (Lipinski definition) is 0. The first kappa shape index (κ1) is 17.3. The quantitative estimate of drug-likeness (QED) is 0.318. The van der Waals surface area contributed by atoms with Crippen molar-refractivity contribution >= 4 is 19.1 Å². The summed E-state index contributed by atoms with van der Waals surface area (Å²) < 4.78 is 2.22. The molecule has 0 bridgehead atoms. The third-order valence-corrected chi connectivity index (χ3v) is 5.18. The van der Waals surface area contributed by atoms with Crippen molar-refractivity contribution in [3.05, 3.63) is 84.4 Å². The molecule has 3 aromatic carbocycles. The Morgan fingerprint density at radius 2 is 1.44 bits per heavy atom. The lowest BCUT2D eigenvalue weighted by Crippen LogP contribution is -2.16. The van der Waals surface area contributed by atoms with Gasteiger partial charge < -0.3 is 0 Å². The van der Waals surface area contributed by atoms with Crippen molar-refractivity contribution in [1.82, 2.24) is 9.55 Å². The van der Waals surface area contributed by atoms with E-state index in [2.05, 4.69) is 102 Å². The number of benzene rings is 3. The molecule has 0 N–H and O–H groups in total. The molecule has 0 aliphatic rings. The van der Waals surface area contributed by atoms with Gasteiger partial charge in [-0.3, -0.25) is 4.57 Å². The largest absolute Gasteiger partial charge is 0.292 e. The summed E-state index contributed by atoms with van der Waals surface area (Å²) in [6.07, 6.45) is 0. The molecule has 3 heteroatoms. The Morgan fingerprint density at radius 1 is 0.778 bits per heavy atom. The van der Waals surface area contributed by atoms with Crippen LogP contribution in [0.3, 0.4) is 0 Å². The van der Waals surface area contributed by atoms with Crippen LogP contribution in [0, 0.1) is 11.5 Å². The van der Waals surface area contributed by atoms with Gasteiger partial charge >= 0.3 is 0 Å². The van der Waals surface area contributed by atoms with Crippen LogP contribution in [-0.4, -0.2) is 17.6 Å². The first-order chi connectivity index (χ1) is 13.0. The van der Waals surface area contributed by atoms with E-state index >= 15 is 0 Å². The Bertz CT molecular complexity index is 1140. The zero-order chi connectivity index (χ0) is 18.9. The summed E-state index contributed by atoms with van der Waals surface area (Å²) in [7, 11) is -1.37. The minimum absolute atomic E-state index is 0.951. The van der Waals surface area contributed by atoms with Crippen LogP contribution in [-0.2, 0) is 0 Å².